The normalized spacial score (nSPS) is 11.7. The van der Waals surface area contributed by atoms with Crippen molar-refractivity contribution in [2.24, 2.45) is 0 Å². The van der Waals surface area contributed by atoms with Crippen LogP contribution in [0.5, 0.6) is 5.75 Å². The average molecular weight is 348 g/mol. The largest absolute Gasteiger partial charge is 0.484 e. The van der Waals surface area contributed by atoms with Gasteiger partial charge in [-0.3, -0.25) is 0 Å². The van der Waals surface area contributed by atoms with Crippen molar-refractivity contribution < 1.29 is 27.1 Å². The van der Waals surface area contributed by atoms with Crippen molar-refractivity contribution in [3.05, 3.63) is 35.7 Å². The number of rotatable bonds is 8. The molecule has 0 spiro atoms. The van der Waals surface area contributed by atoms with Crippen LogP contribution in [0.2, 0.25) is 0 Å². The van der Waals surface area contributed by atoms with E-state index in [1.807, 2.05) is 31.2 Å². The van der Waals surface area contributed by atoms with Crippen LogP contribution in [0, 0.1) is 6.92 Å². The molecular formula is C14H15F3N2O3S. The third kappa shape index (κ3) is 6.91. The third-order valence-electron chi connectivity index (χ3n) is 2.52. The topological polar surface area (TPSA) is 57.4 Å². The summed E-state index contributed by atoms with van der Waals surface area (Å²) in [6.45, 7) is 0.769. The molecular weight excluding hydrogens is 333 g/mol. The summed E-state index contributed by atoms with van der Waals surface area (Å²) in [7, 11) is 0. The van der Waals surface area contributed by atoms with Crippen molar-refractivity contribution >= 4 is 11.8 Å². The van der Waals surface area contributed by atoms with Gasteiger partial charge in [-0.05, 0) is 24.6 Å². The lowest BCUT2D eigenvalue weighted by Gasteiger charge is -2.06. The van der Waals surface area contributed by atoms with E-state index in [-0.39, 0.29) is 24.2 Å². The summed E-state index contributed by atoms with van der Waals surface area (Å²) in [5, 5.41) is 7.86. The first-order valence-corrected chi connectivity index (χ1v) is 7.70. The molecule has 1 aromatic heterocycles. The molecule has 9 heteroatoms. The molecule has 0 amide bonds. The van der Waals surface area contributed by atoms with E-state index in [0.717, 1.165) is 17.3 Å². The van der Waals surface area contributed by atoms with Gasteiger partial charge in [0.2, 0.25) is 0 Å². The molecule has 0 N–H and O–H groups in total. The van der Waals surface area contributed by atoms with Gasteiger partial charge in [0.25, 0.3) is 11.1 Å². The second-order valence-electron chi connectivity index (χ2n) is 4.58. The molecule has 0 bridgehead atoms. The van der Waals surface area contributed by atoms with E-state index in [1.54, 1.807) is 0 Å². The van der Waals surface area contributed by atoms with Gasteiger partial charge in [0, 0.05) is 5.75 Å². The first kappa shape index (κ1) is 17.6. The Morgan fingerprint density at radius 3 is 2.83 bits per heavy atom. The van der Waals surface area contributed by atoms with E-state index in [0.29, 0.717) is 11.6 Å². The molecule has 0 fully saturated rings. The summed E-state index contributed by atoms with van der Waals surface area (Å²) in [6, 6.07) is 7.52. The molecule has 2 aromatic rings. The standard InChI is InChI=1S/C14H15F3N2O3S/c1-10-3-2-4-11(7-10)21-8-12-18-19-13(22-12)23-6-5-20-9-14(15,16)17/h2-4,7H,5-6,8-9H2,1H3. The molecule has 0 aliphatic heterocycles. The van der Waals surface area contributed by atoms with Crippen molar-refractivity contribution in [1.82, 2.24) is 10.2 Å². The van der Waals surface area contributed by atoms with Gasteiger partial charge in [-0.15, -0.1) is 10.2 Å². The second kappa shape index (κ2) is 8.21. The maximum atomic E-state index is 11.9. The first-order valence-electron chi connectivity index (χ1n) is 6.71. The molecule has 2 rings (SSSR count). The fraction of sp³-hybridized carbons (Fsp3) is 0.429. The number of nitrogens with zero attached hydrogens (tertiary/aromatic N) is 2. The molecule has 0 saturated heterocycles. The summed E-state index contributed by atoms with van der Waals surface area (Å²) in [5.74, 6) is 1.28. The molecule has 126 valence electrons. The summed E-state index contributed by atoms with van der Waals surface area (Å²) >= 11 is 1.13. The lowest BCUT2D eigenvalue weighted by molar-refractivity contribution is -0.172. The zero-order valence-corrected chi connectivity index (χ0v) is 13.1. The Kier molecular flexibility index (Phi) is 6.28. The quantitative estimate of drug-likeness (QED) is 0.536. The number of thioether (sulfide) groups is 1. The summed E-state index contributed by atoms with van der Waals surface area (Å²) in [5.41, 5.74) is 1.07. The number of aryl methyl sites for hydroxylation is 1. The van der Waals surface area contributed by atoms with E-state index in [9.17, 15) is 13.2 Å². The van der Waals surface area contributed by atoms with Crippen LogP contribution in [-0.4, -0.2) is 35.3 Å². The van der Waals surface area contributed by atoms with Crippen LogP contribution in [0.15, 0.2) is 33.9 Å². The highest BCUT2D eigenvalue weighted by atomic mass is 32.2. The van der Waals surface area contributed by atoms with Crippen molar-refractivity contribution in [3.63, 3.8) is 0 Å². The zero-order chi connectivity index (χ0) is 16.7. The Balaban J connectivity index is 1.69. The number of halogens is 3. The third-order valence-corrected chi connectivity index (χ3v) is 3.30. The van der Waals surface area contributed by atoms with E-state index >= 15 is 0 Å². The minimum Gasteiger partial charge on any atom is -0.484 e. The Hall–Kier alpha value is -1.74. The number of alkyl halides is 3. The molecule has 1 heterocycles. The van der Waals surface area contributed by atoms with Gasteiger partial charge in [-0.25, -0.2) is 0 Å². The van der Waals surface area contributed by atoms with Crippen LogP contribution in [-0.2, 0) is 11.3 Å². The molecule has 0 atom stereocenters. The van der Waals surface area contributed by atoms with Crippen LogP contribution >= 0.6 is 11.8 Å². The molecule has 0 saturated carbocycles. The van der Waals surface area contributed by atoms with E-state index in [4.69, 9.17) is 9.15 Å². The predicted octanol–water partition coefficient (Wildman–Crippen LogP) is 3.63. The number of hydrogen-bond donors (Lipinski definition) is 0. The van der Waals surface area contributed by atoms with Crippen LogP contribution < -0.4 is 4.74 Å². The number of benzene rings is 1. The first-order chi connectivity index (χ1) is 10.9. The molecule has 0 unspecified atom stereocenters. The second-order valence-corrected chi connectivity index (χ2v) is 5.63. The summed E-state index contributed by atoms with van der Waals surface area (Å²) < 4.78 is 50.9. The monoisotopic (exact) mass is 348 g/mol. The SMILES string of the molecule is Cc1cccc(OCc2nnc(SCCOCC(F)(F)F)o2)c1. The molecule has 0 radical (unpaired) electrons. The van der Waals surface area contributed by atoms with Gasteiger partial charge in [0.15, 0.2) is 6.61 Å². The minimum atomic E-state index is -4.31. The van der Waals surface area contributed by atoms with Gasteiger partial charge < -0.3 is 13.9 Å². The van der Waals surface area contributed by atoms with Gasteiger partial charge >= 0.3 is 6.18 Å². The lowest BCUT2D eigenvalue weighted by atomic mass is 10.2. The van der Waals surface area contributed by atoms with Crippen LogP contribution in [0.3, 0.4) is 0 Å². The van der Waals surface area contributed by atoms with Crippen molar-refractivity contribution in [2.75, 3.05) is 19.0 Å². The smallest absolute Gasteiger partial charge is 0.411 e. The van der Waals surface area contributed by atoms with E-state index in [1.165, 1.54) is 0 Å². The highest BCUT2D eigenvalue weighted by molar-refractivity contribution is 7.99. The fourth-order valence-corrected chi connectivity index (χ4v) is 2.21. The highest BCUT2D eigenvalue weighted by Gasteiger charge is 2.27. The Morgan fingerprint density at radius 2 is 2.09 bits per heavy atom. The van der Waals surface area contributed by atoms with Crippen LogP contribution in [0.1, 0.15) is 11.5 Å². The summed E-state index contributed by atoms with van der Waals surface area (Å²) in [4.78, 5) is 0. The average Bonchev–Trinajstić information content (AvgIpc) is 2.92. The lowest BCUT2D eigenvalue weighted by Crippen LogP contribution is -2.17. The molecule has 0 aliphatic rings. The van der Waals surface area contributed by atoms with Crippen molar-refractivity contribution in [1.29, 1.82) is 0 Å². The maximum absolute atomic E-state index is 11.9. The maximum Gasteiger partial charge on any atom is 0.411 e. The number of ether oxygens (including phenoxy) is 2. The van der Waals surface area contributed by atoms with Gasteiger partial charge in [-0.2, -0.15) is 13.2 Å². The molecule has 5 nitrogen and oxygen atoms in total. The zero-order valence-electron chi connectivity index (χ0n) is 12.3. The molecule has 1 aromatic carbocycles. The predicted molar refractivity (Wildman–Crippen MR) is 77.4 cm³/mol. The Labute approximate surface area is 135 Å². The molecule has 0 aliphatic carbocycles. The van der Waals surface area contributed by atoms with Crippen molar-refractivity contribution in [3.8, 4) is 5.75 Å². The highest BCUT2D eigenvalue weighted by Crippen LogP contribution is 2.19. The van der Waals surface area contributed by atoms with E-state index in [2.05, 4.69) is 14.9 Å². The fourth-order valence-electron chi connectivity index (χ4n) is 1.58. The van der Waals surface area contributed by atoms with Crippen LogP contribution in [0.25, 0.3) is 0 Å². The number of hydrogen-bond acceptors (Lipinski definition) is 6. The Bertz CT molecular complexity index is 619. The van der Waals surface area contributed by atoms with Crippen molar-refractivity contribution in [2.45, 2.75) is 24.9 Å². The van der Waals surface area contributed by atoms with Gasteiger partial charge in [0.05, 0.1) is 6.61 Å². The summed E-state index contributed by atoms with van der Waals surface area (Å²) in [6.07, 6.45) is -4.31. The van der Waals surface area contributed by atoms with E-state index < -0.39 is 12.8 Å². The van der Waals surface area contributed by atoms with Crippen LogP contribution in [0.4, 0.5) is 13.2 Å². The number of aromatic nitrogens is 2. The van der Waals surface area contributed by atoms with Gasteiger partial charge in [0.1, 0.15) is 12.4 Å². The minimum absolute atomic E-state index is 0.0539. The Morgan fingerprint density at radius 1 is 1.26 bits per heavy atom. The molecule has 23 heavy (non-hydrogen) atoms. The van der Waals surface area contributed by atoms with Gasteiger partial charge in [-0.1, -0.05) is 23.9 Å².